The second-order valence-corrected chi connectivity index (χ2v) is 5.73. The van der Waals surface area contributed by atoms with Crippen LogP contribution in [0.4, 0.5) is 5.69 Å². The van der Waals surface area contributed by atoms with Gasteiger partial charge in [-0.3, -0.25) is 14.9 Å². The van der Waals surface area contributed by atoms with Crippen molar-refractivity contribution in [1.29, 1.82) is 0 Å². The zero-order valence-corrected chi connectivity index (χ0v) is 15.6. The molecule has 0 saturated heterocycles. The van der Waals surface area contributed by atoms with Gasteiger partial charge in [0, 0.05) is 12.6 Å². The molecule has 0 radical (unpaired) electrons. The normalized spacial score (nSPS) is 11.2. The molecule has 2 aromatic rings. The topological polar surface area (TPSA) is 117 Å². The van der Waals surface area contributed by atoms with Gasteiger partial charge < -0.3 is 19.5 Å². The van der Waals surface area contributed by atoms with Crippen LogP contribution in [0.15, 0.2) is 42.5 Å². The van der Waals surface area contributed by atoms with Gasteiger partial charge in [-0.1, -0.05) is 18.2 Å². The average molecular weight is 388 g/mol. The smallest absolute Gasteiger partial charge is 0.345 e. The van der Waals surface area contributed by atoms with E-state index in [2.05, 4.69) is 5.32 Å². The van der Waals surface area contributed by atoms with Gasteiger partial charge in [0.1, 0.15) is 5.56 Å². The van der Waals surface area contributed by atoms with Crippen LogP contribution in [0.25, 0.3) is 0 Å². The minimum atomic E-state index is -1.13. The Morgan fingerprint density at radius 1 is 1.11 bits per heavy atom. The number of carbonyl (C=O) groups is 2. The van der Waals surface area contributed by atoms with Crippen molar-refractivity contribution in [3.05, 3.63) is 63.7 Å². The molecule has 2 aromatic carbocycles. The van der Waals surface area contributed by atoms with Crippen molar-refractivity contribution in [3.8, 4) is 11.5 Å². The fourth-order valence-electron chi connectivity index (χ4n) is 2.41. The number of amides is 1. The number of rotatable bonds is 8. The second-order valence-electron chi connectivity index (χ2n) is 5.73. The molecule has 1 unspecified atom stereocenters. The van der Waals surface area contributed by atoms with Crippen LogP contribution in [0, 0.1) is 10.1 Å². The summed E-state index contributed by atoms with van der Waals surface area (Å²) in [5.74, 6) is -0.405. The summed E-state index contributed by atoms with van der Waals surface area (Å²) < 4.78 is 15.4. The molecule has 148 valence electrons. The van der Waals surface area contributed by atoms with E-state index in [1.807, 2.05) is 0 Å². The lowest BCUT2D eigenvalue weighted by molar-refractivity contribution is -0.385. The van der Waals surface area contributed by atoms with E-state index < -0.39 is 22.9 Å². The van der Waals surface area contributed by atoms with E-state index in [4.69, 9.17) is 14.2 Å². The van der Waals surface area contributed by atoms with E-state index in [9.17, 15) is 19.7 Å². The van der Waals surface area contributed by atoms with Crippen LogP contribution in [-0.4, -0.2) is 37.1 Å². The molecule has 0 aliphatic carbocycles. The summed E-state index contributed by atoms with van der Waals surface area (Å²) in [5.41, 5.74) is 0.153. The van der Waals surface area contributed by atoms with E-state index in [1.54, 1.807) is 18.2 Å². The molecule has 0 aromatic heterocycles. The van der Waals surface area contributed by atoms with Crippen LogP contribution in [0.3, 0.4) is 0 Å². The van der Waals surface area contributed by atoms with Crippen LogP contribution >= 0.6 is 0 Å². The van der Waals surface area contributed by atoms with E-state index in [0.29, 0.717) is 11.5 Å². The number of hydrogen-bond donors (Lipinski definition) is 1. The van der Waals surface area contributed by atoms with Gasteiger partial charge >= 0.3 is 5.97 Å². The van der Waals surface area contributed by atoms with Gasteiger partial charge in [0.05, 0.1) is 19.1 Å². The van der Waals surface area contributed by atoms with Gasteiger partial charge in [0.25, 0.3) is 11.6 Å². The van der Waals surface area contributed by atoms with Crippen LogP contribution in [0.5, 0.6) is 11.5 Å². The molecule has 0 aliphatic heterocycles. The van der Waals surface area contributed by atoms with Gasteiger partial charge in [-0.05, 0) is 30.7 Å². The summed E-state index contributed by atoms with van der Waals surface area (Å²) in [4.78, 5) is 34.7. The zero-order chi connectivity index (χ0) is 20.7. The molecular formula is C19H20N2O7. The quantitative estimate of drug-likeness (QED) is 0.419. The van der Waals surface area contributed by atoms with Gasteiger partial charge in [-0.15, -0.1) is 0 Å². The number of benzene rings is 2. The number of nitrogens with one attached hydrogen (secondary N) is 1. The largest absolute Gasteiger partial charge is 0.493 e. The molecule has 9 heteroatoms. The molecule has 0 spiro atoms. The van der Waals surface area contributed by atoms with E-state index >= 15 is 0 Å². The van der Waals surface area contributed by atoms with Gasteiger partial charge in [0.2, 0.25) is 0 Å². The van der Waals surface area contributed by atoms with Gasteiger partial charge in [-0.25, -0.2) is 4.79 Å². The molecule has 0 fully saturated rings. The second kappa shape index (κ2) is 9.36. The maximum Gasteiger partial charge on any atom is 0.345 e. The van der Waals surface area contributed by atoms with Crippen molar-refractivity contribution >= 4 is 17.6 Å². The molecular weight excluding hydrogens is 368 g/mol. The Morgan fingerprint density at radius 2 is 1.79 bits per heavy atom. The highest BCUT2D eigenvalue weighted by molar-refractivity contribution is 5.95. The van der Waals surface area contributed by atoms with Crippen LogP contribution in [0.1, 0.15) is 22.8 Å². The van der Waals surface area contributed by atoms with Crippen molar-refractivity contribution in [2.45, 2.75) is 19.6 Å². The number of ether oxygens (including phenoxy) is 3. The first-order valence-corrected chi connectivity index (χ1v) is 8.30. The third kappa shape index (κ3) is 4.97. The van der Waals surface area contributed by atoms with Gasteiger partial charge in [0.15, 0.2) is 17.6 Å². The summed E-state index contributed by atoms with van der Waals surface area (Å²) in [7, 11) is 3.02. The summed E-state index contributed by atoms with van der Waals surface area (Å²) in [6, 6.07) is 10.6. The molecule has 0 aliphatic rings. The van der Waals surface area contributed by atoms with Gasteiger partial charge in [-0.2, -0.15) is 0 Å². The molecule has 0 bridgehead atoms. The molecule has 28 heavy (non-hydrogen) atoms. The molecule has 2 rings (SSSR count). The van der Waals surface area contributed by atoms with E-state index in [1.165, 1.54) is 45.4 Å². The lowest BCUT2D eigenvalue weighted by atomic mass is 10.2. The first kappa shape index (κ1) is 20.7. The van der Waals surface area contributed by atoms with Crippen molar-refractivity contribution in [2.75, 3.05) is 14.2 Å². The standard InChI is InChI=1S/C19H20N2O7/c1-12(28-19(23)14-6-4-5-7-15(14)21(24)25)18(22)20-11-13-8-9-16(26-2)17(10-13)27-3/h4-10,12H,11H2,1-3H3,(H,20,22). The third-order valence-corrected chi connectivity index (χ3v) is 3.89. The van der Waals surface area contributed by atoms with E-state index in [-0.39, 0.29) is 17.8 Å². The number of esters is 1. The third-order valence-electron chi connectivity index (χ3n) is 3.89. The van der Waals surface area contributed by atoms with Crippen molar-refractivity contribution in [1.82, 2.24) is 5.32 Å². The molecule has 1 N–H and O–H groups in total. The maximum absolute atomic E-state index is 12.2. The Hall–Kier alpha value is -3.62. The van der Waals surface area contributed by atoms with Crippen LogP contribution < -0.4 is 14.8 Å². The minimum absolute atomic E-state index is 0.173. The summed E-state index contributed by atoms with van der Waals surface area (Å²) in [5, 5.41) is 13.6. The SMILES string of the molecule is COc1ccc(CNC(=O)C(C)OC(=O)c2ccccc2[N+](=O)[O-])cc1OC. The summed E-state index contributed by atoms with van der Waals surface area (Å²) in [6.45, 7) is 1.56. The number of nitro groups is 1. The molecule has 0 heterocycles. The minimum Gasteiger partial charge on any atom is -0.493 e. The Kier molecular flexibility index (Phi) is 6.91. The molecule has 0 saturated carbocycles. The number of nitrogens with zero attached hydrogens (tertiary/aromatic N) is 1. The van der Waals surface area contributed by atoms with Crippen molar-refractivity contribution in [2.24, 2.45) is 0 Å². The highest BCUT2D eigenvalue weighted by Crippen LogP contribution is 2.27. The fraction of sp³-hybridized carbons (Fsp3) is 0.263. The number of nitro benzene ring substituents is 1. The number of hydrogen-bond acceptors (Lipinski definition) is 7. The number of methoxy groups -OCH3 is 2. The zero-order valence-electron chi connectivity index (χ0n) is 15.6. The molecule has 9 nitrogen and oxygen atoms in total. The first-order chi connectivity index (χ1) is 13.4. The van der Waals surface area contributed by atoms with Crippen molar-refractivity contribution < 1.29 is 28.7 Å². The Balaban J connectivity index is 1.98. The Morgan fingerprint density at radius 3 is 2.43 bits per heavy atom. The van der Waals surface area contributed by atoms with Crippen molar-refractivity contribution in [3.63, 3.8) is 0 Å². The Labute approximate surface area is 161 Å². The highest BCUT2D eigenvalue weighted by atomic mass is 16.6. The maximum atomic E-state index is 12.2. The predicted octanol–water partition coefficient (Wildman–Crippen LogP) is 2.47. The lowest BCUT2D eigenvalue weighted by Crippen LogP contribution is -2.35. The first-order valence-electron chi connectivity index (χ1n) is 8.30. The fourth-order valence-corrected chi connectivity index (χ4v) is 2.41. The summed E-state index contributed by atoms with van der Waals surface area (Å²) in [6.07, 6.45) is -1.13. The number of carbonyl (C=O) groups excluding carboxylic acids is 2. The van der Waals surface area contributed by atoms with Crippen LogP contribution in [-0.2, 0) is 16.1 Å². The number of para-hydroxylation sites is 1. The van der Waals surface area contributed by atoms with Crippen LogP contribution in [0.2, 0.25) is 0 Å². The van der Waals surface area contributed by atoms with E-state index in [0.717, 1.165) is 5.56 Å². The predicted molar refractivity (Wildman–Crippen MR) is 99.4 cm³/mol. The monoisotopic (exact) mass is 388 g/mol. The molecule has 1 amide bonds. The summed E-state index contributed by atoms with van der Waals surface area (Å²) >= 11 is 0. The molecule has 1 atom stereocenters. The average Bonchev–Trinajstić information content (AvgIpc) is 2.71. The Bertz CT molecular complexity index is 882. The highest BCUT2D eigenvalue weighted by Gasteiger charge is 2.24. The lowest BCUT2D eigenvalue weighted by Gasteiger charge is -2.14.